The van der Waals surface area contributed by atoms with E-state index in [4.69, 9.17) is 8.83 Å². The van der Waals surface area contributed by atoms with Gasteiger partial charge in [-0.1, -0.05) is 91.0 Å². The molecule has 0 aliphatic carbocycles. The molecule has 0 N–H and O–H groups in total. The van der Waals surface area contributed by atoms with E-state index in [1.165, 1.54) is 0 Å². The molecule has 0 atom stereocenters. The van der Waals surface area contributed by atoms with Gasteiger partial charge in [-0.05, 0) is 78.4 Å². The van der Waals surface area contributed by atoms with E-state index < -0.39 is 0 Å². The minimum atomic E-state index is 0.617. The van der Waals surface area contributed by atoms with Crippen LogP contribution in [-0.2, 0) is 0 Å². The van der Waals surface area contributed by atoms with Crippen molar-refractivity contribution >= 4 is 87.5 Å². The van der Waals surface area contributed by atoms with Gasteiger partial charge in [-0.3, -0.25) is 0 Å². The smallest absolute Gasteiger partial charge is 0.145 e. The normalized spacial score (nSPS) is 12.1. The molecule has 5 nitrogen and oxygen atoms in total. The lowest BCUT2D eigenvalue weighted by Gasteiger charge is -2.17. The van der Waals surface area contributed by atoms with E-state index in [1.54, 1.807) is 0 Å². The molecule has 0 aliphatic rings. The number of fused-ring (bicyclic) bond motifs is 14. The lowest BCUT2D eigenvalue weighted by Crippen LogP contribution is -2.01. The van der Waals surface area contributed by atoms with Gasteiger partial charge in [0, 0.05) is 43.6 Å². The van der Waals surface area contributed by atoms with Gasteiger partial charge in [0.05, 0.1) is 50.2 Å². The van der Waals surface area contributed by atoms with Crippen LogP contribution in [0.5, 0.6) is 0 Å². The Kier molecular flexibility index (Phi) is 5.78. The van der Waals surface area contributed by atoms with Gasteiger partial charge in [0.1, 0.15) is 22.3 Å². The maximum Gasteiger partial charge on any atom is 0.145 e. The molecule has 4 heterocycles. The highest BCUT2D eigenvalue weighted by Gasteiger charge is 2.23. The monoisotopic (exact) mass is 689 g/mol. The topological polar surface area (TPSA) is 59.9 Å². The molecule has 0 bridgehead atoms. The summed E-state index contributed by atoms with van der Waals surface area (Å²) in [5.74, 6) is 0. The first kappa shape index (κ1) is 29.1. The van der Waals surface area contributed by atoms with Crippen LogP contribution in [0.15, 0.2) is 173 Å². The van der Waals surface area contributed by atoms with Crippen molar-refractivity contribution in [3.05, 3.63) is 169 Å². The Hall–Kier alpha value is -7.55. The standard InChI is InChI=1S/C49H27N3O2/c50-28-29-10-9-11-30(26-29)32-21-20-31(51-39-16-5-1-14-37(39)46-41(51)24-22-35-33-12-3-7-18-44(33)53-48(35)46)27-43(32)52-40-17-6-2-15-38(40)47-42(52)25-23-36-34-13-4-8-19-45(34)54-49(36)47/h1-27H. The summed E-state index contributed by atoms with van der Waals surface area (Å²) in [5, 5.41) is 18.8. The maximum absolute atomic E-state index is 9.92. The lowest BCUT2D eigenvalue weighted by atomic mass is 10.0. The van der Waals surface area contributed by atoms with Crippen molar-refractivity contribution in [3.8, 4) is 28.6 Å². The molecule has 12 aromatic rings. The van der Waals surface area contributed by atoms with Crippen LogP contribution in [0.25, 0.3) is 110 Å². The quantitative estimate of drug-likeness (QED) is 0.185. The van der Waals surface area contributed by atoms with Crippen LogP contribution in [0.1, 0.15) is 5.56 Å². The molecule has 0 saturated heterocycles. The Bertz CT molecular complexity index is 3590. The van der Waals surface area contributed by atoms with Crippen LogP contribution in [0, 0.1) is 11.3 Å². The second-order valence-corrected chi connectivity index (χ2v) is 14.0. The minimum absolute atomic E-state index is 0.617. The average molecular weight is 690 g/mol. The van der Waals surface area contributed by atoms with Crippen LogP contribution >= 0.6 is 0 Å². The highest BCUT2D eigenvalue weighted by molar-refractivity contribution is 6.25. The van der Waals surface area contributed by atoms with E-state index >= 15 is 0 Å². The fraction of sp³-hybridized carbons (Fsp3) is 0. The SMILES string of the molecule is N#Cc1cccc(-c2ccc(-n3c4ccccc4c4c5oc6ccccc6c5ccc43)cc2-n2c3ccccc3c3c4oc5ccccc5c4ccc32)c1. The molecule has 0 aliphatic heterocycles. The van der Waals surface area contributed by atoms with Crippen LogP contribution in [0.2, 0.25) is 0 Å². The van der Waals surface area contributed by atoms with Crippen LogP contribution in [-0.4, -0.2) is 9.13 Å². The number of para-hydroxylation sites is 4. The molecular weight excluding hydrogens is 663 g/mol. The third-order valence-electron chi connectivity index (χ3n) is 11.1. The summed E-state index contributed by atoms with van der Waals surface area (Å²) in [6.45, 7) is 0. The fourth-order valence-corrected chi connectivity index (χ4v) is 8.85. The zero-order valence-corrected chi connectivity index (χ0v) is 28.7. The molecule has 8 aromatic carbocycles. The Morgan fingerprint density at radius 1 is 0.426 bits per heavy atom. The zero-order valence-electron chi connectivity index (χ0n) is 28.7. The molecule has 54 heavy (non-hydrogen) atoms. The Labute approximate surface area is 307 Å². The maximum atomic E-state index is 9.92. The van der Waals surface area contributed by atoms with Gasteiger partial charge in [-0.2, -0.15) is 5.26 Å². The summed E-state index contributed by atoms with van der Waals surface area (Å²) in [7, 11) is 0. The number of nitriles is 1. The number of benzene rings is 8. The number of hydrogen-bond donors (Lipinski definition) is 0. The molecule has 12 rings (SSSR count). The fourth-order valence-electron chi connectivity index (χ4n) is 8.85. The molecule has 0 radical (unpaired) electrons. The molecular formula is C49H27N3O2. The predicted octanol–water partition coefficient (Wildman–Crippen LogP) is 13.2. The van der Waals surface area contributed by atoms with Crippen LogP contribution in [0.4, 0.5) is 0 Å². The van der Waals surface area contributed by atoms with E-state index in [0.717, 1.165) is 110 Å². The highest BCUT2D eigenvalue weighted by atomic mass is 16.3. The summed E-state index contributed by atoms with van der Waals surface area (Å²) in [6, 6.07) is 59.4. The van der Waals surface area contributed by atoms with E-state index in [0.29, 0.717) is 5.56 Å². The van der Waals surface area contributed by atoms with Crippen molar-refractivity contribution in [1.29, 1.82) is 5.26 Å². The lowest BCUT2D eigenvalue weighted by molar-refractivity contribution is 0.672. The molecule has 0 saturated carbocycles. The van der Waals surface area contributed by atoms with Gasteiger partial charge in [-0.15, -0.1) is 0 Å². The second-order valence-electron chi connectivity index (χ2n) is 14.0. The summed E-state index contributed by atoms with van der Waals surface area (Å²) in [6.07, 6.45) is 0. The number of nitrogens with zero attached hydrogens (tertiary/aromatic N) is 3. The second kappa shape index (κ2) is 10.7. The third kappa shape index (κ3) is 3.86. The van der Waals surface area contributed by atoms with Gasteiger partial charge >= 0.3 is 0 Å². The van der Waals surface area contributed by atoms with Crippen molar-refractivity contribution in [1.82, 2.24) is 9.13 Å². The van der Waals surface area contributed by atoms with Gasteiger partial charge < -0.3 is 18.0 Å². The van der Waals surface area contributed by atoms with E-state index in [-0.39, 0.29) is 0 Å². The largest absolute Gasteiger partial charge is 0.455 e. The summed E-state index contributed by atoms with van der Waals surface area (Å²) >= 11 is 0. The molecule has 250 valence electrons. The number of aromatic nitrogens is 2. The van der Waals surface area contributed by atoms with Gasteiger partial charge in [0.15, 0.2) is 0 Å². The molecule has 0 spiro atoms. The first-order chi connectivity index (χ1) is 26.7. The van der Waals surface area contributed by atoms with Crippen molar-refractivity contribution in [2.45, 2.75) is 0 Å². The number of furan rings is 2. The molecule has 0 unspecified atom stereocenters. The summed E-state index contributed by atoms with van der Waals surface area (Å²) < 4.78 is 18.0. The summed E-state index contributed by atoms with van der Waals surface area (Å²) in [4.78, 5) is 0. The van der Waals surface area contributed by atoms with Crippen molar-refractivity contribution in [2.24, 2.45) is 0 Å². The first-order valence-corrected chi connectivity index (χ1v) is 18.1. The van der Waals surface area contributed by atoms with Gasteiger partial charge in [-0.25, -0.2) is 0 Å². The Morgan fingerprint density at radius 2 is 0.981 bits per heavy atom. The van der Waals surface area contributed by atoms with Crippen molar-refractivity contribution in [2.75, 3.05) is 0 Å². The Morgan fingerprint density at radius 3 is 1.61 bits per heavy atom. The molecule has 4 aromatic heterocycles. The highest BCUT2D eigenvalue weighted by Crippen LogP contribution is 2.44. The molecule has 0 fully saturated rings. The van der Waals surface area contributed by atoms with Crippen LogP contribution < -0.4 is 0 Å². The minimum Gasteiger partial charge on any atom is -0.455 e. The average Bonchev–Trinajstić information content (AvgIpc) is 3.98. The number of rotatable bonds is 3. The first-order valence-electron chi connectivity index (χ1n) is 18.1. The van der Waals surface area contributed by atoms with Crippen molar-refractivity contribution < 1.29 is 8.83 Å². The third-order valence-corrected chi connectivity index (χ3v) is 11.1. The zero-order chi connectivity index (χ0) is 35.5. The van der Waals surface area contributed by atoms with E-state index in [1.807, 2.05) is 42.5 Å². The molecule has 0 amide bonds. The predicted molar refractivity (Wildman–Crippen MR) is 220 cm³/mol. The Balaban J connectivity index is 1.21. The summed E-state index contributed by atoms with van der Waals surface area (Å²) in [5.41, 5.74) is 12.4. The van der Waals surface area contributed by atoms with E-state index in [2.05, 4.69) is 137 Å². The van der Waals surface area contributed by atoms with Crippen LogP contribution in [0.3, 0.4) is 0 Å². The van der Waals surface area contributed by atoms with Gasteiger partial charge in [0.25, 0.3) is 0 Å². The molecule has 5 heteroatoms. The van der Waals surface area contributed by atoms with Crippen molar-refractivity contribution in [3.63, 3.8) is 0 Å². The van der Waals surface area contributed by atoms with E-state index in [9.17, 15) is 5.26 Å². The number of hydrogen-bond acceptors (Lipinski definition) is 3. The van der Waals surface area contributed by atoms with Gasteiger partial charge in [0.2, 0.25) is 0 Å².